The van der Waals surface area contributed by atoms with Crippen LogP contribution in [-0.2, 0) is 6.54 Å². The van der Waals surface area contributed by atoms with Gasteiger partial charge in [-0.2, -0.15) is 0 Å². The third-order valence-corrected chi connectivity index (χ3v) is 4.72. The van der Waals surface area contributed by atoms with Crippen LogP contribution in [0.15, 0.2) is 30.5 Å². The molecule has 1 saturated heterocycles. The van der Waals surface area contributed by atoms with Gasteiger partial charge in [-0.25, -0.2) is 0 Å². The van der Waals surface area contributed by atoms with Gasteiger partial charge in [0.25, 0.3) is 0 Å². The predicted molar refractivity (Wildman–Crippen MR) is 88.5 cm³/mol. The van der Waals surface area contributed by atoms with E-state index in [1.54, 1.807) is 0 Å². The predicted octanol–water partition coefficient (Wildman–Crippen LogP) is 2.22. The lowest BCUT2D eigenvalue weighted by molar-refractivity contribution is 0.170. The fraction of sp³-hybridized carbons (Fsp3) is 0.471. The van der Waals surface area contributed by atoms with Crippen LogP contribution in [0, 0.1) is 0 Å². The fourth-order valence-electron chi connectivity index (χ4n) is 3.28. The first-order chi connectivity index (χ1) is 10.1. The number of piperazine rings is 1. The van der Waals surface area contributed by atoms with Crippen LogP contribution in [-0.4, -0.2) is 42.1 Å². The van der Waals surface area contributed by atoms with Gasteiger partial charge in [-0.15, -0.1) is 0 Å². The van der Waals surface area contributed by atoms with E-state index < -0.39 is 0 Å². The summed E-state index contributed by atoms with van der Waals surface area (Å²) in [5.41, 5.74) is 9.42. The largest absolute Gasteiger partial charge is 0.368 e. The second-order valence-corrected chi connectivity index (χ2v) is 6.12. The highest BCUT2D eigenvalue weighted by Gasteiger charge is 2.28. The summed E-state index contributed by atoms with van der Waals surface area (Å²) in [4.78, 5) is 9.48. The number of aromatic nitrogens is 1. The van der Waals surface area contributed by atoms with Gasteiger partial charge in [0, 0.05) is 48.9 Å². The highest BCUT2D eigenvalue weighted by molar-refractivity contribution is 5.93. The highest BCUT2D eigenvalue weighted by atomic mass is 15.3. The zero-order chi connectivity index (χ0) is 15.0. The van der Waals surface area contributed by atoms with Gasteiger partial charge in [-0.1, -0.05) is 18.2 Å². The van der Waals surface area contributed by atoms with Gasteiger partial charge in [-0.05, 0) is 27.0 Å². The summed E-state index contributed by atoms with van der Waals surface area (Å²) in [6, 6.07) is 9.41. The number of fused-ring (bicyclic) bond motifs is 1. The van der Waals surface area contributed by atoms with E-state index in [1.807, 2.05) is 12.3 Å². The van der Waals surface area contributed by atoms with Crippen LogP contribution in [0.1, 0.15) is 19.4 Å². The zero-order valence-corrected chi connectivity index (χ0v) is 13.1. The third-order valence-electron chi connectivity index (χ3n) is 4.72. The second kappa shape index (κ2) is 5.62. The molecule has 21 heavy (non-hydrogen) atoms. The van der Waals surface area contributed by atoms with Gasteiger partial charge in [0.15, 0.2) is 0 Å². The molecule has 2 unspecified atom stereocenters. The summed E-state index contributed by atoms with van der Waals surface area (Å²) in [5, 5.41) is 1.21. The standard InChI is InChI=1S/C17H24N4/c1-12-10-21(11-13(2)20(12)3)17-14(8-18)9-19-16-7-5-4-6-15(16)17/h4-7,9,12-13H,8,10-11,18H2,1-3H3. The SMILES string of the molecule is CC1CN(c2c(CN)cnc3ccccc23)CC(C)N1C. The van der Waals surface area contributed by atoms with Gasteiger partial charge >= 0.3 is 0 Å². The first-order valence-corrected chi connectivity index (χ1v) is 7.65. The number of benzene rings is 1. The Hall–Kier alpha value is -1.65. The van der Waals surface area contributed by atoms with Crippen molar-refractivity contribution in [1.29, 1.82) is 0 Å². The number of anilines is 1. The van der Waals surface area contributed by atoms with Crippen LogP contribution >= 0.6 is 0 Å². The van der Waals surface area contributed by atoms with Crippen molar-refractivity contribution in [3.05, 3.63) is 36.0 Å². The molecule has 0 aliphatic carbocycles. The maximum Gasteiger partial charge on any atom is 0.0723 e. The van der Waals surface area contributed by atoms with Crippen molar-refractivity contribution in [2.75, 3.05) is 25.0 Å². The van der Waals surface area contributed by atoms with Crippen molar-refractivity contribution >= 4 is 16.6 Å². The molecule has 2 atom stereocenters. The Labute approximate surface area is 126 Å². The lowest BCUT2D eigenvalue weighted by Gasteiger charge is -2.44. The van der Waals surface area contributed by atoms with E-state index in [2.05, 4.69) is 53.9 Å². The first-order valence-electron chi connectivity index (χ1n) is 7.65. The van der Waals surface area contributed by atoms with Crippen LogP contribution < -0.4 is 10.6 Å². The number of hydrogen-bond acceptors (Lipinski definition) is 4. The van der Waals surface area contributed by atoms with Gasteiger partial charge < -0.3 is 10.6 Å². The van der Waals surface area contributed by atoms with Gasteiger partial charge in [0.1, 0.15) is 0 Å². The molecule has 1 fully saturated rings. The molecule has 2 N–H and O–H groups in total. The summed E-state index contributed by atoms with van der Waals surface area (Å²) >= 11 is 0. The number of likely N-dealkylation sites (N-methyl/N-ethyl adjacent to an activating group) is 1. The van der Waals surface area contributed by atoms with E-state index in [4.69, 9.17) is 5.73 Å². The van der Waals surface area contributed by atoms with Crippen molar-refractivity contribution in [2.45, 2.75) is 32.5 Å². The molecule has 4 nitrogen and oxygen atoms in total. The highest BCUT2D eigenvalue weighted by Crippen LogP contribution is 2.31. The molecule has 0 spiro atoms. The molecule has 3 rings (SSSR count). The molecular weight excluding hydrogens is 260 g/mol. The molecular formula is C17H24N4. The molecule has 4 heteroatoms. The number of nitrogens with two attached hydrogens (primary N) is 1. The van der Waals surface area contributed by atoms with Crippen LogP contribution in [0.2, 0.25) is 0 Å². The molecule has 0 radical (unpaired) electrons. The summed E-state index contributed by atoms with van der Waals surface area (Å²) in [6.07, 6.45) is 1.94. The van der Waals surface area contributed by atoms with Gasteiger partial charge in [0.2, 0.25) is 0 Å². The molecule has 1 aromatic carbocycles. The second-order valence-electron chi connectivity index (χ2n) is 6.12. The van der Waals surface area contributed by atoms with E-state index >= 15 is 0 Å². The van der Waals surface area contributed by atoms with Crippen LogP contribution in [0.5, 0.6) is 0 Å². The fourth-order valence-corrected chi connectivity index (χ4v) is 3.28. The normalized spacial score (nSPS) is 23.7. The van der Waals surface area contributed by atoms with Gasteiger partial charge in [0.05, 0.1) is 11.2 Å². The molecule has 112 valence electrons. The number of nitrogens with zero attached hydrogens (tertiary/aromatic N) is 3. The Morgan fingerprint density at radius 2 is 1.86 bits per heavy atom. The molecule has 1 aliphatic rings. The Bertz CT molecular complexity index is 628. The minimum atomic E-state index is 0.530. The maximum atomic E-state index is 5.97. The number of para-hydroxylation sites is 1. The Balaban J connectivity index is 2.10. The van der Waals surface area contributed by atoms with E-state index in [0.717, 1.165) is 24.2 Å². The van der Waals surface area contributed by atoms with Crippen molar-refractivity contribution in [3.63, 3.8) is 0 Å². The smallest absolute Gasteiger partial charge is 0.0723 e. The lowest BCUT2D eigenvalue weighted by Crippen LogP contribution is -2.55. The summed E-state index contributed by atoms with van der Waals surface area (Å²) in [6.45, 7) is 7.16. The minimum Gasteiger partial charge on any atom is -0.368 e. The minimum absolute atomic E-state index is 0.530. The van der Waals surface area contributed by atoms with Crippen molar-refractivity contribution in [3.8, 4) is 0 Å². The van der Waals surface area contributed by atoms with Crippen LogP contribution in [0.3, 0.4) is 0 Å². The van der Waals surface area contributed by atoms with Crippen LogP contribution in [0.4, 0.5) is 5.69 Å². The van der Waals surface area contributed by atoms with E-state index in [9.17, 15) is 0 Å². The Morgan fingerprint density at radius 1 is 1.19 bits per heavy atom. The topological polar surface area (TPSA) is 45.4 Å². The summed E-state index contributed by atoms with van der Waals surface area (Å²) in [5.74, 6) is 0. The van der Waals surface area contributed by atoms with Crippen molar-refractivity contribution < 1.29 is 0 Å². The monoisotopic (exact) mass is 284 g/mol. The molecule has 2 aromatic rings. The molecule has 0 bridgehead atoms. The number of pyridine rings is 1. The lowest BCUT2D eigenvalue weighted by atomic mass is 10.0. The van der Waals surface area contributed by atoms with Crippen LogP contribution in [0.25, 0.3) is 10.9 Å². The summed E-state index contributed by atoms with van der Waals surface area (Å²) < 4.78 is 0. The third kappa shape index (κ3) is 2.49. The quantitative estimate of drug-likeness (QED) is 0.918. The average Bonchev–Trinajstić information content (AvgIpc) is 2.51. The maximum absolute atomic E-state index is 5.97. The zero-order valence-electron chi connectivity index (χ0n) is 13.1. The molecule has 0 amide bonds. The molecule has 1 aromatic heterocycles. The molecule has 2 heterocycles. The van der Waals surface area contributed by atoms with E-state index in [-0.39, 0.29) is 0 Å². The number of hydrogen-bond donors (Lipinski definition) is 1. The summed E-state index contributed by atoms with van der Waals surface area (Å²) in [7, 11) is 2.21. The first kappa shape index (κ1) is 14.3. The van der Waals surface area contributed by atoms with E-state index in [1.165, 1.54) is 11.1 Å². The number of rotatable bonds is 2. The van der Waals surface area contributed by atoms with Gasteiger partial charge in [-0.3, -0.25) is 9.88 Å². The molecule has 1 aliphatic heterocycles. The average molecular weight is 284 g/mol. The Kier molecular flexibility index (Phi) is 3.83. The molecule has 0 saturated carbocycles. The Morgan fingerprint density at radius 3 is 2.52 bits per heavy atom. The van der Waals surface area contributed by atoms with Crippen molar-refractivity contribution in [1.82, 2.24) is 9.88 Å². The van der Waals surface area contributed by atoms with E-state index in [0.29, 0.717) is 18.6 Å². The van der Waals surface area contributed by atoms with Crippen molar-refractivity contribution in [2.24, 2.45) is 5.73 Å².